The largest absolute Gasteiger partial charge is 0.493 e. The molecular formula is C13H17NO4. The second-order valence-corrected chi connectivity index (χ2v) is 4.46. The van der Waals surface area contributed by atoms with Gasteiger partial charge in [0.25, 0.3) is 0 Å². The van der Waals surface area contributed by atoms with Crippen LogP contribution in [0.25, 0.3) is 0 Å². The molecule has 1 fully saturated rings. The van der Waals surface area contributed by atoms with Crippen LogP contribution in [0, 0.1) is 6.92 Å². The first kappa shape index (κ1) is 12.7. The first-order valence-electron chi connectivity index (χ1n) is 5.66. The summed E-state index contributed by atoms with van der Waals surface area (Å²) in [4.78, 5) is 11.7. The number of methoxy groups -OCH3 is 2. The molecule has 5 heteroatoms. The number of hydrogen-bond donors (Lipinski definition) is 1. The van der Waals surface area contributed by atoms with Crippen molar-refractivity contribution in [2.75, 3.05) is 27.4 Å². The maximum Gasteiger partial charge on any atom is 0.232 e. The maximum absolute atomic E-state index is 11.7. The van der Waals surface area contributed by atoms with Gasteiger partial charge in [0.2, 0.25) is 5.91 Å². The Morgan fingerprint density at radius 3 is 2.22 bits per heavy atom. The minimum Gasteiger partial charge on any atom is -0.493 e. The van der Waals surface area contributed by atoms with Gasteiger partial charge < -0.3 is 19.9 Å². The van der Waals surface area contributed by atoms with Crippen LogP contribution in [0.5, 0.6) is 11.5 Å². The third kappa shape index (κ3) is 1.71. The third-order valence-electron chi connectivity index (χ3n) is 3.41. The minimum atomic E-state index is -0.733. The highest BCUT2D eigenvalue weighted by Gasteiger charge is 2.47. The smallest absolute Gasteiger partial charge is 0.232 e. The second kappa shape index (κ2) is 4.49. The van der Waals surface area contributed by atoms with E-state index in [1.165, 1.54) is 0 Å². The van der Waals surface area contributed by atoms with Gasteiger partial charge in [0, 0.05) is 0 Å². The van der Waals surface area contributed by atoms with Gasteiger partial charge in [-0.2, -0.15) is 0 Å². The topological polar surface area (TPSA) is 70.8 Å². The molecule has 0 aromatic heterocycles. The Morgan fingerprint density at radius 2 is 1.83 bits per heavy atom. The van der Waals surface area contributed by atoms with E-state index >= 15 is 0 Å². The molecule has 98 valence electrons. The zero-order chi connectivity index (χ0) is 13.3. The van der Waals surface area contributed by atoms with Crippen LogP contribution < -0.4 is 15.2 Å². The zero-order valence-electron chi connectivity index (χ0n) is 10.8. The van der Waals surface area contributed by atoms with Crippen molar-refractivity contribution in [3.05, 3.63) is 23.3 Å². The van der Waals surface area contributed by atoms with Crippen molar-refractivity contribution in [1.29, 1.82) is 0 Å². The lowest BCUT2D eigenvalue weighted by atomic mass is 9.76. The molecule has 1 aliphatic heterocycles. The molecule has 2 rings (SSSR count). The lowest BCUT2D eigenvalue weighted by molar-refractivity contribution is -0.141. The summed E-state index contributed by atoms with van der Waals surface area (Å²) in [6, 6.07) is 3.65. The van der Waals surface area contributed by atoms with Crippen molar-refractivity contribution in [2.24, 2.45) is 5.73 Å². The Kier molecular flexibility index (Phi) is 3.17. The van der Waals surface area contributed by atoms with E-state index in [1.54, 1.807) is 20.3 Å². The molecule has 0 bridgehead atoms. The van der Waals surface area contributed by atoms with Gasteiger partial charge in [-0.1, -0.05) is 0 Å². The molecule has 5 nitrogen and oxygen atoms in total. The SMILES string of the molecule is COc1cc(C)c(C2(C(N)=O)COC2)cc1OC. The molecule has 0 unspecified atom stereocenters. The summed E-state index contributed by atoms with van der Waals surface area (Å²) in [6.07, 6.45) is 0. The van der Waals surface area contributed by atoms with E-state index in [-0.39, 0.29) is 5.91 Å². The van der Waals surface area contributed by atoms with Gasteiger partial charge >= 0.3 is 0 Å². The average molecular weight is 251 g/mol. The van der Waals surface area contributed by atoms with Crippen LogP contribution in [0.4, 0.5) is 0 Å². The summed E-state index contributed by atoms with van der Waals surface area (Å²) >= 11 is 0. The second-order valence-electron chi connectivity index (χ2n) is 4.46. The third-order valence-corrected chi connectivity index (χ3v) is 3.41. The summed E-state index contributed by atoms with van der Waals surface area (Å²) in [7, 11) is 3.14. The molecule has 1 aromatic rings. The Bertz CT molecular complexity index is 480. The lowest BCUT2D eigenvalue weighted by Crippen LogP contribution is -2.56. The highest BCUT2D eigenvalue weighted by Crippen LogP contribution is 2.39. The fourth-order valence-corrected chi connectivity index (χ4v) is 2.23. The Labute approximate surface area is 106 Å². The van der Waals surface area contributed by atoms with E-state index < -0.39 is 5.41 Å². The van der Waals surface area contributed by atoms with E-state index in [4.69, 9.17) is 19.9 Å². The van der Waals surface area contributed by atoms with E-state index in [9.17, 15) is 4.79 Å². The highest BCUT2D eigenvalue weighted by molar-refractivity contribution is 5.88. The fourth-order valence-electron chi connectivity index (χ4n) is 2.23. The molecule has 0 aliphatic carbocycles. The fraction of sp³-hybridized carbons (Fsp3) is 0.462. The molecule has 0 radical (unpaired) electrons. The Balaban J connectivity index is 2.54. The quantitative estimate of drug-likeness (QED) is 0.857. The van der Waals surface area contributed by atoms with Crippen LogP contribution in [0.1, 0.15) is 11.1 Å². The van der Waals surface area contributed by atoms with Gasteiger partial charge in [-0.15, -0.1) is 0 Å². The van der Waals surface area contributed by atoms with Gasteiger partial charge in [-0.05, 0) is 30.2 Å². The van der Waals surface area contributed by atoms with Crippen molar-refractivity contribution in [1.82, 2.24) is 0 Å². The molecule has 0 saturated carbocycles. The van der Waals surface area contributed by atoms with Crippen LogP contribution in [-0.2, 0) is 14.9 Å². The molecule has 1 saturated heterocycles. The number of benzene rings is 1. The van der Waals surface area contributed by atoms with Gasteiger partial charge in [-0.3, -0.25) is 4.79 Å². The maximum atomic E-state index is 11.7. The standard InChI is InChI=1S/C13H17NO4/c1-8-4-10(16-2)11(17-3)5-9(8)13(12(14)15)6-18-7-13/h4-5H,6-7H2,1-3H3,(H2,14,15). The predicted octanol–water partition coefficient (Wildman–Crippen LogP) is 0.766. The summed E-state index contributed by atoms with van der Waals surface area (Å²) in [5, 5.41) is 0. The molecule has 2 N–H and O–H groups in total. The summed E-state index contributed by atoms with van der Waals surface area (Å²) in [5.74, 6) is 0.855. The van der Waals surface area contributed by atoms with E-state index in [0.29, 0.717) is 24.7 Å². The number of ether oxygens (including phenoxy) is 3. The van der Waals surface area contributed by atoms with E-state index in [0.717, 1.165) is 11.1 Å². The number of rotatable bonds is 4. The normalized spacial score (nSPS) is 16.8. The minimum absolute atomic E-state index is 0.318. The number of primary amides is 1. The zero-order valence-corrected chi connectivity index (χ0v) is 10.8. The van der Waals surface area contributed by atoms with Crippen LogP contribution in [0.3, 0.4) is 0 Å². The number of nitrogens with two attached hydrogens (primary N) is 1. The molecule has 18 heavy (non-hydrogen) atoms. The van der Waals surface area contributed by atoms with Gasteiger partial charge in [0.15, 0.2) is 11.5 Å². The summed E-state index contributed by atoms with van der Waals surface area (Å²) < 4.78 is 15.6. The van der Waals surface area contributed by atoms with Gasteiger partial charge in [0.05, 0.1) is 27.4 Å². The molecule has 1 aliphatic rings. The van der Waals surface area contributed by atoms with E-state index in [1.807, 2.05) is 13.0 Å². The lowest BCUT2D eigenvalue weighted by Gasteiger charge is -2.40. The molecule has 0 spiro atoms. The number of hydrogen-bond acceptors (Lipinski definition) is 4. The van der Waals surface area contributed by atoms with Crippen LogP contribution in [0.15, 0.2) is 12.1 Å². The van der Waals surface area contributed by atoms with Crippen LogP contribution in [-0.4, -0.2) is 33.3 Å². The van der Waals surface area contributed by atoms with Crippen molar-refractivity contribution < 1.29 is 19.0 Å². The van der Waals surface area contributed by atoms with Crippen molar-refractivity contribution in [3.8, 4) is 11.5 Å². The molecule has 1 aromatic carbocycles. The van der Waals surface area contributed by atoms with Crippen LogP contribution in [0.2, 0.25) is 0 Å². The molecule has 0 atom stereocenters. The molecule has 1 amide bonds. The van der Waals surface area contributed by atoms with Gasteiger partial charge in [0.1, 0.15) is 5.41 Å². The number of carbonyl (C=O) groups excluding carboxylic acids is 1. The number of amides is 1. The molecular weight excluding hydrogens is 234 g/mol. The summed E-state index contributed by atoms with van der Waals surface area (Å²) in [6.45, 7) is 2.55. The van der Waals surface area contributed by atoms with Crippen LogP contribution >= 0.6 is 0 Å². The molecule has 1 heterocycles. The number of carbonyl (C=O) groups is 1. The van der Waals surface area contributed by atoms with Crippen molar-refractivity contribution >= 4 is 5.91 Å². The summed E-state index contributed by atoms with van der Waals surface area (Å²) in [5.41, 5.74) is 6.56. The first-order valence-corrected chi connectivity index (χ1v) is 5.66. The first-order chi connectivity index (χ1) is 8.55. The Hall–Kier alpha value is -1.75. The van der Waals surface area contributed by atoms with E-state index in [2.05, 4.69) is 0 Å². The highest BCUT2D eigenvalue weighted by atomic mass is 16.5. The monoisotopic (exact) mass is 251 g/mol. The van der Waals surface area contributed by atoms with Gasteiger partial charge in [-0.25, -0.2) is 0 Å². The number of aryl methyl sites for hydroxylation is 1. The van der Waals surface area contributed by atoms with Crippen molar-refractivity contribution in [3.63, 3.8) is 0 Å². The van der Waals surface area contributed by atoms with Crippen molar-refractivity contribution in [2.45, 2.75) is 12.3 Å². The Morgan fingerprint density at radius 1 is 1.28 bits per heavy atom. The average Bonchev–Trinajstić information content (AvgIpc) is 2.28. The predicted molar refractivity (Wildman–Crippen MR) is 66.0 cm³/mol.